The van der Waals surface area contributed by atoms with E-state index < -0.39 is 0 Å². The standard InChI is InChI=1S/C15H26N2OS/c1-10-9-19-6-5-17(10)15(18)13-7-11-3-2-4-12(8-13)14(11)16/h10-14H,2-9,16H2,1H3. The summed E-state index contributed by atoms with van der Waals surface area (Å²) in [4.78, 5) is 14.9. The van der Waals surface area contributed by atoms with E-state index in [0.717, 1.165) is 30.9 Å². The van der Waals surface area contributed by atoms with Crippen LogP contribution in [0.25, 0.3) is 0 Å². The van der Waals surface area contributed by atoms with Crippen molar-refractivity contribution in [3.63, 3.8) is 0 Å². The summed E-state index contributed by atoms with van der Waals surface area (Å²) in [6, 6.07) is 0.786. The van der Waals surface area contributed by atoms with Crippen LogP contribution in [0.1, 0.15) is 39.0 Å². The average Bonchev–Trinajstić information content (AvgIpc) is 2.38. The van der Waals surface area contributed by atoms with Crippen molar-refractivity contribution in [1.29, 1.82) is 0 Å². The molecule has 3 rings (SSSR count). The zero-order valence-corrected chi connectivity index (χ0v) is 12.7. The maximum absolute atomic E-state index is 12.8. The average molecular weight is 282 g/mol. The van der Waals surface area contributed by atoms with Gasteiger partial charge in [-0.25, -0.2) is 0 Å². The van der Waals surface area contributed by atoms with Crippen LogP contribution in [0, 0.1) is 17.8 Å². The molecule has 2 aliphatic carbocycles. The van der Waals surface area contributed by atoms with E-state index >= 15 is 0 Å². The number of rotatable bonds is 1. The fourth-order valence-corrected chi connectivity index (χ4v) is 5.29. The van der Waals surface area contributed by atoms with Crippen molar-refractivity contribution < 1.29 is 4.79 Å². The third-order valence-corrected chi connectivity index (χ3v) is 6.60. The first kappa shape index (κ1) is 13.7. The number of nitrogens with two attached hydrogens (primary N) is 1. The Labute approximate surface area is 120 Å². The van der Waals surface area contributed by atoms with Gasteiger partial charge in [0.1, 0.15) is 0 Å². The summed E-state index contributed by atoms with van der Waals surface area (Å²) in [5.41, 5.74) is 6.32. The molecule has 3 aliphatic rings. The largest absolute Gasteiger partial charge is 0.338 e. The van der Waals surface area contributed by atoms with Gasteiger partial charge in [0, 0.05) is 36.1 Å². The molecule has 108 valence electrons. The summed E-state index contributed by atoms with van der Waals surface area (Å²) >= 11 is 1.97. The second-order valence-corrected chi connectivity index (χ2v) is 7.80. The van der Waals surface area contributed by atoms with Crippen LogP contribution >= 0.6 is 11.8 Å². The summed E-state index contributed by atoms with van der Waals surface area (Å²) in [7, 11) is 0. The number of nitrogens with zero attached hydrogens (tertiary/aromatic N) is 1. The highest BCUT2D eigenvalue weighted by atomic mass is 32.2. The van der Waals surface area contributed by atoms with E-state index in [2.05, 4.69) is 11.8 Å². The van der Waals surface area contributed by atoms with Crippen molar-refractivity contribution in [2.24, 2.45) is 23.5 Å². The van der Waals surface area contributed by atoms with Gasteiger partial charge in [-0.05, 0) is 44.4 Å². The monoisotopic (exact) mass is 282 g/mol. The molecular formula is C15H26N2OS. The highest BCUT2D eigenvalue weighted by Crippen LogP contribution is 2.42. The maximum atomic E-state index is 12.8. The fourth-order valence-electron chi connectivity index (χ4n) is 4.28. The molecule has 3 atom stereocenters. The van der Waals surface area contributed by atoms with Gasteiger partial charge in [0.15, 0.2) is 0 Å². The molecule has 3 fully saturated rings. The highest BCUT2D eigenvalue weighted by molar-refractivity contribution is 7.99. The van der Waals surface area contributed by atoms with E-state index in [1.165, 1.54) is 19.3 Å². The van der Waals surface area contributed by atoms with E-state index in [9.17, 15) is 4.79 Å². The Morgan fingerprint density at radius 3 is 2.58 bits per heavy atom. The first-order chi connectivity index (χ1) is 9.16. The van der Waals surface area contributed by atoms with Gasteiger partial charge in [-0.2, -0.15) is 11.8 Å². The molecule has 0 radical (unpaired) electrons. The molecule has 19 heavy (non-hydrogen) atoms. The molecule has 0 aromatic carbocycles. The van der Waals surface area contributed by atoms with Crippen LogP contribution in [-0.4, -0.2) is 40.9 Å². The van der Waals surface area contributed by atoms with E-state index in [1.54, 1.807) is 0 Å². The highest BCUT2D eigenvalue weighted by Gasteiger charge is 2.42. The van der Waals surface area contributed by atoms with Crippen LogP contribution in [0.4, 0.5) is 0 Å². The van der Waals surface area contributed by atoms with Crippen molar-refractivity contribution in [2.75, 3.05) is 18.1 Å². The van der Waals surface area contributed by atoms with E-state index in [4.69, 9.17) is 5.73 Å². The Kier molecular flexibility index (Phi) is 4.08. The van der Waals surface area contributed by atoms with Gasteiger partial charge in [0.2, 0.25) is 5.91 Å². The van der Waals surface area contributed by atoms with Gasteiger partial charge in [-0.1, -0.05) is 6.42 Å². The fraction of sp³-hybridized carbons (Fsp3) is 0.933. The lowest BCUT2D eigenvalue weighted by molar-refractivity contribution is -0.140. The quantitative estimate of drug-likeness (QED) is 0.801. The van der Waals surface area contributed by atoms with Gasteiger partial charge in [-0.3, -0.25) is 4.79 Å². The molecule has 0 aromatic heterocycles. The number of hydrogen-bond acceptors (Lipinski definition) is 3. The maximum Gasteiger partial charge on any atom is 0.225 e. The minimum absolute atomic E-state index is 0.264. The summed E-state index contributed by atoms with van der Waals surface area (Å²) in [5, 5.41) is 0. The Bertz CT molecular complexity index is 335. The second kappa shape index (κ2) is 5.65. The van der Waals surface area contributed by atoms with E-state index in [1.807, 2.05) is 11.8 Å². The van der Waals surface area contributed by atoms with Crippen LogP contribution in [-0.2, 0) is 4.79 Å². The molecule has 0 aromatic rings. The topological polar surface area (TPSA) is 46.3 Å². The van der Waals surface area contributed by atoms with Crippen molar-refractivity contribution in [2.45, 2.75) is 51.1 Å². The zero-order chi connectivity index (χ0) is 13.4. The lowest BCUT2D eigenvalue weighted by Crippen LogP contribution is -2.52. The molecule has 1 heterocycles. The van der Waals surface area contributed by atoms with Crippen LogP contribution in [0.5, 0.6) is 0 Å². The molecule has 2 N–H and O–H groups in total. The van der Waals surface area contributed by atoms with Crippen molar-refractivity contribution in [3.05, 3.63) is 0 Å². The number of carbonyl (C=O) groups is 1. The summed E-state index contributed by atoms with van der Waals surface area (Å²) in [5.74, 6) is 4.11. The van der Waals surface area contributed by atoms with Gasteiger partial charge < -0.3 is 10.6 Å². The third-order valence-electron chi connectivity index (χ3n) is 5.41. The zero-order valence-electron chi connectivity index (χ0n) is 11.9. The van der Waals surface area contributed by atoms with Gasteiger partial charge in [0.05, 0.1) is 0 Å². The predicted octanol–water partition coefficient (Wildman–Crippen LogP) is 2.10. The molecule has 4 heteroatoms. The lowest BCUT2D eigenvalue weighted by atomic mass is 9.65. The number of amides is 1. The Morgan fingerprint density at radius 2 is 1.95 bits per heavy atom. The molecule has 2 saturated carbocycles. The molecule has 0 spiro atoms. The first-order valence-corrected chi connectivity index (χ1v) is 8.96. The van der Waals surface area contributed by atoms with Gasteiger partial charge >= 0.3 is 0 Å². The molecular weight excluding hydrogens is 256 g/mol. The van der Waals surface area contributed by atoms with Gasteiger partial charge in [0.25, 0.3) is 0 Å². The molecule has 1 saturated heterocycles. The van der Waals surface area contributed by atoms with Crippen molar-refractivity contribution in [3.8, 4) is 0 Å². The summed E-state index contributed by atoms with van der Waals surface area (Å²) in [6.45, 7) is 3.14. The molecule has 3 unspecified atom stereocenters. The van der Waals surface area contributed by atoms with Crippen molar-refractivity contribution in [1.82, 2.24) is 4.90 Å². The summed E-state index contributed by atoms with van der Waals surface area (Å²) < 4.78 is 0. The Morgan fingerprint density at radius 1 is 1.26 bits per heavy atom. The van der Waals surface area contributed by atoms with Crippen LogP contribution in [0.3, 0.4) is 0 Å². The lowest BCUT2D eigenvalue weighted by Gasteiger charge is -2.45. The molecule has 2 bridgehead atoms. The van der Waals surface area contributed by atoms with Gasteiger partial charge in [-0.15, -0.1) is 0 Å². The van der Waals surface area contributed by atoms with E-state index in [-0.39, 0.29) is 5.92 Å². The normalized spacial score (nSPS) is 43.1. The minimum atomic E-state index is 0.264. The van der Waals surface area contributed by atoms with Crippen LogP contribution in [0.15, 0.2) is 0 Å². The van der Waals surface area contributed by atoms with E-state index in [0.29, 0.717) is 29.8 Å². The molecule has 3 nitrogen and oxygen atoms in total. The first-order valence-electron chi connectivity index (χ1n) is 7.80. The SMILES string of the molecule is CC1CSCCN1C(=O)C1CC2CCCC(C1)C2N. The smallest absolute Gasteiger partial charge is 0.225 e. The second-order valence-electron chi connectivity index (χ2n) is 6.65. The number of fused-ring (bicyclic) bond motifs is 2. The molecule has 1 aliphatic heterocycles. The minimum Gasteiger partial charge on any atom is -0.338 e. The van der Waals surface area contributed by atoms with Crippen LogP contribution in [0.2, 0.25) is 0 Å². The third kappa shape index (κ3) is 2.66. The number of carbonyl (C=O) groups excluding carboxylic acids is 1. The Hall–Kier alpha value is -0.220. The van der Waals surface area contributed by atoms with Crippen LogP contribution < -0.4 is 5.73 Å². The van der Waals surface area contributed by atoms with Crippen molar-refractivity contribution >= 4 is 17.7 Å². The Balaban J connectivity index is 1.67. The number of thioether (sulfide) groups is 1. The summed E-state index contributed by atoms with van der Waals surface area (Å²) in [6.07, 6.45) is 5.90. The predicted molar refractivity (Wildman–Crippen MR) is 80.0 cm³/mol. The number of hydrogen-bond donors (Lipinski definition) is 1. The molecule has 1 amide bonds.